The Labute approximate surface area is 98.4 Å². The molecule has 1 N–H and O–H groups in total. The predicted molar refractivity (Wildman–Crippen MR) is 66.3 cm³/mol. The number of hydrogen-bond acceptors (Lipinski definition) is 3. The van der Waals surface area contributed by atoms with Crippen molar-refractivity contribution < 1.29 is 9.53 Å². The Hall–Kier alpha value is -0.220. The lowest BCUT2D eigenvalue weighted by molar-refractivity contribution is -0.121. The second-order valence-electron chi connectivity index (χ2n) is 3.95. The molecule has 1 amide bonds. The molecule has 3 nitrogen and oxygen atoms in total. The van der Waals surface area contributed by atoms with Crippen LogP contribution in [0.2, 0.25) is 0 Å². The molecule has 0 aromatic heterocycles. The van der Waals surface area contributed by atoms with Crippen LogP contribution in [0.3, 0.4) is 0 Å². The summed E-state index contributed by atoms with van der Waals surface area (Å²) in [5.41, 5.74) is 0. The normalized spacial score (nSPS) is 12.9. The summed E-state index contributed by atoms with van der Waals surface area (Å²) in [6, 6.07) is 0. The zero-order chi connectivity index (χ0) is 11.7. The average molecular weight is 233 g/mol. The average Bonchev–Trinajstić information content (AvgIpc) is 2.21. The molecule has 4 heteroatoms. The molecule has 15 heavy (non-hydrogen) atoms. The Balaban J connectivity index is 3.39. The number of amides is 1. The van der Waals surface area contributed by atoms with Crippen molar-refractivity contribution in [2.24, 2.45) is 5.92 Å². The number of carbonyl (C=O) groups is 1. The first-order valence-electron chi connectivity index (χ1n) is 5.63. The fraction of sp³-hybridized carbons (Fsp3) is 0.909. The Morgan fingerprint density at radius 3 is 2.60 bits per heavy atom. The first kappa shape index (κ1) is 14.8. The number of rotatable bonds is 8. The van der Waals surface area contributed by atoms with E-state index in [2.05, 4.69) is 24.9 Å². The Bertz CT molecular complexity index is 174. The van der Waals surface area contributed by atoms with Gasteiger partial charge >= 0.3 is 0 Å². The van der Waals surface area contributed by atoms with Crippen LogP contribution >= 0.6 is 12.6 Å². The molecular weight excluding hydrogens is 210 g/mol. The van der Waals surface area contributed by atoms with Gasteiger partial charge in [0.1, 0.15) is 0 Å². The molecule has 0 aliphatic heterocycles. The molecule has 0 fully saturated rings. The van der Waals surface area contributed by atoms with Crippen molar-refractivity contribution in [2.75, 3.05) is 19.8 Å². The number of carbonyl (C=O) groups excluding carboxylic acids is 1. The van der Waals surface area contributed by atoms with Gasteiger partial charge in [0.15, 0.2) is 0 Å². The van der Waals surface area contributed by atoms with E-state index in [1.54, 1.807) is 0 Å². The second-order valence-corrected chi connectivity index (χ2v) is 4.50. The molecule has 0 rings (SSSR count). The van der Waals surface area contributed by atoms with E-state index in [1.165, 1.54) is 0 Å². The third-order valence-corrected chi connectivity index (χ3v) is 2.92. The summed E-state index contributed by atoms with van der Waals surface area (Å²) in [5, 5.41) is 2.58. The van der Waals surface area contributed by atoms with E-state index in [4.69, 9.17) is 4.74 Å². The van der Waals surface area contributed by atoms with Crippen LogP contribution in [0.5, 0.6) is 0 Å². The van der Waals surface area contributed by atoms with E-state index >= 15 is 0 Å². The molecule has 0 saturated carbocycles. The minimum atomic E-state index is -0.222. The maximum Gasteiger partial charge on any atom is 0.233 e. The smallest absolute Gasteiger partial charge is 0.233 e. The maximum atomic E-state index is 11.4. The molecule has 0 aliphatic rings. The fourth-order valence-corrected chi connectivity index (χ4v) is 1.09. The highest BCUT2D eigenvalue weighted by Gasteiger charge is 2.16. The van der Waals surface area contributed by atoms with Gasteiger partial charge in [-0.05, 0) is 12.3 Å². The summed E-state index contributed by atoms with van der Waals surface area (Å²) in [6.07, 6.45) is 2.22. The summed E-state index contributed by atoms with van der Waals surface area (Å²) in [4.78, 5) is 11.4. The van der Waals surface area contributed by atoms with Crippen molar-refractivity contribution in [1.29, 1.82) is 0 Å². The second kappa shape index (κ2) is 9.04. The number of nitrogens with one attached hydrogen (secondary N) is 1. The summed E-state index contributed by atoms with van der Waals surface area (Å²) in [7, 11) is 0. The third kappa shape index (κ3) is 7.68. The summed E-state index contributed by atoms with van der Waals surface area (Å²) in [6.45, 7) is 8.03. The largest absolute Gasteiger partial charge is 0.380 e. The highest BCUT2D eigenvalue weighted by Crippen LogP contribution is 2.07. The third-order valence-electron chi connectivity index (χ3n) is 2.09. The van der Waals surface area contributed by atoms with E-state index in [0.717, 1.165) is 19.4 Å². The van der Waals surface area contributed by atoms with Crippen molar-refractivity contribution in [1.82, 2.24) is 5.32 Å². The summed E-state index contributed by atoms with van der Waals surface area (Å²) < 4.78 is 5.33. The fourth-order valence-electron chi connectivity index (χ4n) is 1.00. The van der Waals surface area contributed by atoms with Gasteiger partial charge in [0.25, 0.3) is 0 Å². The van der Waals surface area contributed by atoms with Gasteiger partial charge in [0.05, 0.1) is 11.9 Å². The van der Waals surface area contributed by atoms with Crippen LogP contribution < -0.4 is 5.32 Å². The lowest BCUT2D eigenvalue weighted by atomic mass is 10.1. The van der Waals surface area contributed by atoms with Crippen LogP contribution in [0, 0.1) is 5.92 Å². The molecule has 0 spiro atoms. The summed E-state index contributed by atoms with van der Waals surface area (Å²) >= 11 is 4.23. The van der Waals surface area contributed by atoms with E-state index in [0.29, 0.717) is 13.2 Å². The van der Waals surface area contributed by atoms with Crippen molar-refractivity contribution in [3.63, 3.8) is 0 Å². The van der Waals surface area contributed by atoms with E-state index in [9.17, 15) is 4.79 Å². The lowest BCUT2D eigenvalue weighted by Crippen LogP contribution is -2.36. The van der Waals surface area contributed by atoms with E-state index in [-0.39, 0.29) is 17.1 Å². The van der Waals surface area contributed by atoms with Crippen molar-refractivity contribution in [2.45, 2.75) is 38.9 Å². The zero-order valence-electron chi connectivity index (χ0n) is 9.95. The maximum absolute atomic E-state index is 11.4. The van der Waals surface area contributed by atoms with E-state index in [1.807, 2.05) is 13.8 Å². The Kier molecular flexibility index (Phi) is 8.91. The molecular formula is C11H23NO2S. The number of ether oxygens (including phenoxy) is 1. The zero-order valence-corrected chi connectivity index (χ0v) is 10.8. The minimum Gasteiger partial charge on any atom is -0.380 e. The lowest BCUT2D eigenvalue weighted by Gasteiger charge is -2.14. The van der Waals surface area contributed by atoms with Gasteiger partial charge in [-0.3, -0.25) is 4.79 Å². The molecule has 0 aromatic rings. The predicted octanol–water partition coefficient (Wildman–Crippen LogP) is 1.87. The van der Waals surface area contributed by atoms with Crippen LogP contribution in [0.15, 0.2) is 0 Å². The number of unbranched alkanes of at least 4 members (excludes halogenated alkanes) is 1. The molecule has 1 unspecified atom stereocenters. The van der Waals surface area contributed by atoms with Gasteiger partial charge in [-0.25, -0.2) is 0 Å². The van der Waals surface area contributed by atoms with Crippen molar-refractivity contribution >= 4 is 18.5 Å². The highest BCUT2D eigenvalue weighted by molar-refractivity contribution is 7.81. The molecule has 90 valence electrons. The Morgan fingerprint density at radius 2 is 2.07 bits per heavy atom. The standard InChI is InChI=1S/C11H23NO2S/c1-4-5-7-14-8-6-12-11(13)10(15)9(2)3/h9-10,15H,4-8H2,1-3H3,(H,12,13). The molecule has 0 radical (unpaired) electrons. The highest BCUT2D eigenvalue weighted by atomic mass is 32.1. The molecule has 0 saturated heterocycles. The number of hydrogen-bond donors (Lipinski definition) is 2. The SMILES string of the molecule is CCCCOCCNC(=O)C(S)C(C)C. The van der Waals surface area contributed by atoms with Gasteiger partial charge in [0.2, 0.25) is 5.91 Å². The summed E-state index contributed by atoms with van der Waals surface area (Å²) in [5.74, 6) is 0.252. The van der Waals surface area contributed by atoms with Crippen LogP contribution in [-0.4, -0.2) is 30.9 Å². The molecule has 0 heterocycles. The quantitative estimate of drug-likeness (QED) is 0.496. The first-order valence-corrected chi connectivity index (χ1v) is 6.14. The van der Waals surface area contributed by atoms with Gasteiger partial charge in [-0.15, -0.1) is 0 Å². The molecule has 1 atom stereocenters. The molecule has 0 bridgehead atoms. The monoisotopic (exact) mass is 233 g/mol. The van der Waals surface area contributed by atoms with Crippen LogP contribution in [0.4, 0.5) is 0 Å². The number of thiol groups is 1. The minimum absolute atomic E-state index is 0.00701. The molecule has 0 aliphatic carbocycles. The van der Waals surface area contributed by atoms with Crippen LogP contribution in [0.1, 0.15) is 33.6 Å². The topological polar surface area (TPSA) is 38.3 Å². The van der Waals surface area contributed by atoms with Crippen LogP contribution in [0.25, 0.3) is 0 Å². The first-order chi connectivity index (χ1) is 7.09. The van der Waals surface area contributed by atoms with Gasteiger partial charge < -0.3 is 10.1 Å². The van der Waals surface area contributed by atoms with Gasteiger partial charge in [0, 0.05) is 13.2 Å². The van der Waals surface area contributed by atoms with Gasteiger partial charge in [-0.2, -0.15) is 12.6 Å². The van der Waals surface area contributed by atoms with Gasteiger partial charge in [-0.1, -0.05) is 27.2 Å². The molecule has 0 aromatic carbocycles. The van der Waals surface area contributed by atoms with Crippen molar-refractivity contribution in [3.8, 4) is 0 Å². The van der Waals surface area contributed by atoms with E-state index < -0.39 is 0 Å². The Morgan fingerprint density at radius 1 is 1.40 bits per heavy atom. The van der Waals surface area contributed by atoms with Crippen LogP contribution in [-0.2, 0) is 9.53 Å². The van der Waals surface area contributed by atoms with Crippen molar-refractivity contribution in [3.05, 3.63) is 0 Å².